The number of nitrogens with zero attached hydrogens (tertiary/aromatic N) is 3. The van der Waals surface area contributed by atoms with Crippen LogP contribution in [0.5, 0.6) is 0 Å². The number of nitriles is 1. The van der Waals surface area contributed by atoms with Crippen molar-refractivity contribution in [3.8, 4) is 6.07 Å². The van der Waals surface area contributed by atoms with Crippen LogP contribution in [0.3, 0.4) is 0 Å². The average Bonchev–Trinajstić information content (AvgIpc) is 3.28. The summed E-state index contributed by atoms with van der Waals surface area (Å²) in [7, 11) is 0. The normalized spacial score (nSPS) is 23.9. The average molecular weight is 397 g/mol. The highest BCUT2D eigenvalue weighted by Gasteiger charge is 2.52. The lowest BCUT2D eigenvalue weighted by Gasteiger charge is -2.35. The van der Waals surface area contributed by atoms with Crippen molar-refractivity contribution in [3.05, 3.63) is 29.8 Å². The van der Waals surface area contributed by atoms with E-state index >= 15 is 0 Å². The lowest BCUT2D eigenvalue weighted by molar-refractivity contribution is -0.128. The highest BCUT2D eigenvalue weighted by Crippen LogP contribution is 2.43. The van der Waals surface area contributed by atoms with E-state index in [1.165, 1.54) is 0 Å². The number of benzene rings is 1. The zero-order valence-electron chi connectivity index (χ0n) is 17.0. The number of fused-ring (bicyclic) bond motifs is 2. The third-order valence-corrected chi connectivity index (χ3v) is 5.44. The van der Waals surface area contributed by atoms with Gasteiger partial charge in [-0.25, -0.2) is 10.3 Å². The van der Waals surface area contributed by atoms with Gasteiger partial charge in [0, 0.05) is 12.5 Å². The number of likely N-dealkylation sites (tertiary alicyclic amines) is 1. The van der Waals surface area contributed by atoms with Crippen molar-refractivity contribution in [3.63, 3.8) is 0 Å². The van der Waals surface area contributed by atoms with Crippen molar-refractivity contribution in [2.75, 3.05) is 0 Å². The highest BCUT2D eigenvalue weighted by atomic mass is 16.6. The molecule has 2 amide bonds. The third-order valence-electron chi connectivity index (χ3n) is 5.44. The fourth-order valence-electron chi connectivity index (χ4n) is 4.23. The predicted octanol–water partition coefficient (Wildman–Crippen LogP) is 3.69. The Morgan fingerprint density at radius 1 is 1.34 bits per heavy atom. The highest BCUT2D eigenvalue weighted by molar-refractivity contribution is 5.87. The van der Waals surface area contributed by atoms with E-state index in [1.54, 1.807) is 49.9 Å². The molecule has 0 spiro atoms. The van der Waals surface area contributed by atoms with Crippen LogP contribution in [-0.4, -0.2) is 40.6 Å². The van der Waals surface area contributed by atoms with E-state index in [1.807, 2.05) is 0 Å². The van der Waals surface area contributed by atoms with Crippen molar-refractivity contribution < 1.29 is 14.3 Å². The molecule has 2 bridgehead atoms. The van der Waals surface area contributed by atoms with E-state index in [-0.39, 0.29) is 17.9 Å². The quantitative estimate of drug-likeness (QED) is 0.736. The van der Waals surface area contributed by atoms with Crippen LogP contribution in [0.4, 0.5) is 10.5 Å². The van der Waals surface area contributed by atoms with Crippen LogP contribution in [0, 0.1) is 22.8 Å². The van der Waals surface area contributed by atoms with Gasteiger partial charge in [0.05, 0.1) is 11.8 Å². The van der Waals surface area contributed by atoms with Crippen molar-refractivity contribution >= 4 is 17.7 Å². The van der Waals surface area contributed by atoms with Gasteiger partial charge in [0.25, 0.3) is 0 Å². The Balaban J connectivity index is 1.69. The number of hydrogen-bond acceptors (Lipinski definition) is 6. The molecule has 1 aliphatic heterocycles. The standard InChI is InChI=1S/C21H27N5O3/c1-21(2,3)29-20(28)26-17-9-6-14(11-17)18(26)19(27)24-16(12-22)10-13-4-7-15(25-23)8-5-13/h4-5,7-8,14,16-18,23H,6,9-11H2,1-3H3,(H,24,27)/t14-,16-,17+,18-/m0/s1. The van der Waals surface area contributed by atoms with Gasteiger partial charge in [-0.15, -0.1) is 0 Å². The number of carbonyl (C=O) groups is 2. The second-order valence-electron chi connectivity index (χ2n) is 8.73. The van der Waals surface area contributed by atoms with E-state index in [0.717, 1.165) is 24.8 Å². The molecule has 8 heteroatoms. The largest absolute Gasteiger partial charge is 0.444 e. The Bertz CT molecular complexity index is 824. The summed E-state index contributed by atoms with van der Waals surface area (Å²) in [5.74, 6) is -0.197. The monoisotopic (exact) mass is 397 g/mol. The lowest BCUT2D eigenvalue weighted by atomic mass is 9.97. The maximum atomic E-state index is 13.0. The molecule has 0 radical (unpaired) electrons. The predicted molar refractivity (Wildman–Crippen MR) is 105 cm³/mol. The molecule has 1 aromatic carbocycles. The summed E-state index contributed by atoms with van der Waals surface area (Å²) >= 11 is 0. The molecule has 154 valence electrons. The van der Waals surface area contributed by atoms with Gasteiger partial charge in [-0.05, 0) is 63.6 Å². The molecule has 1 aliphatic carbocycles. The number of piperidine rings is 1. The Morgan fingerprint density at radius 3 is 2.62 bits per heavy atom. The second kappa shape index (κ2) is 8.19. The van der Waals surface area contributed by atoms with Gasteiger partial charge in [-0.1, -0.05) is 12.1 Å². The molecule has 2 aliphatic rings. The van der Waals surface area contributed by atoms with Crippen LogP contribution < -0.4 is 5.32 Å². The van der Waals surface area contributed by atoms with Gasteiger partial charge in [-0.2, -0.15) is 10.4 Å². The van der Waals surface area contributed by atoms with Crippen molar-refractivity contribution in [2.24, 2.45) is 11.0 Å². The molecule has 3 rings (SSSR count). The van der Waals surface area contributed by atoms with Crippen LogP contribution in [0.1, 0.15) is 45.6 Å². The van der Waals surface area contributed by atoms with Gasteiger partial charge in [0.2, 0.25) is 5.91 Å². The SMILES string of the molecule is CC(C)(C)OC(=O)N1[C@@H]2CC[C@@H](C2)[C@H]1C(=O)N[C@H](C#N)Cc1ccc(N=N)cc1. The van der Waals surface area contributed by atoms with Gasteiger partial charge in [0.15, 0.2) is 0 Å². The van der Waals surface area contributed by atoms with E-state index in [4.69, 9.17) is 10.3 Å². The molecule has 0 aromatic heterocycles. The molecular formula is C21H27N5O3. The minimum absolute atomic E-state index is 0.0207. The molecular weight excluding hydrogens is 370 g/mol. The molecule has 2 fully saturated rings. The molecule has 1 aromatic rings. The molecule has 1 saturated heterocycles. The Kier molecular flexibility index (Phi) is 5.87. The summed E-state index contributed by atoms with van der Waals surface area (Å²) in [5.41, 5.74) is 7.76. The van der Waals surface area contributed by atoms with Gasteiger partial charge in [-0.3, -0.25) is 9.69 Å². The molecule has 1 saturated carbocycles. The topological polar surface area (TPSA) is 119 Å². The number of nitrogens with one attached hydrogen (secondary N) is 2. The summed E-state index contributed by atoms with van der Waals surface area (Å²) < 4.78 is 5.52. The Hall–Kier alpha value is -2.95. The maximum absolute atomic E-state index is 13.0. The molecule has 8 nitrogen and oxygen atoms in total. The zero-order chi connectivity index (χ0) is 21.2. The van der Waals surface area contributed by atoms with E-state index < -0.39 is 23.8 Å². The number of ether oxygens (including phenoxy) is 1. The summed E-state index contributed by atoms with van der Waals surface area (Å²) in [6.07, 6.45) is 2.45. The van der Waals surface area contributed by atoms with Crippen molar-refractivity contribution in [1.82, 2.24) is 10.2 Å². The van der Waals surface area contributed by atoms with Crippen molar-refractivity contribution in [1.29, 1.82) is 10.8 Å². The smallest absolute Gasteiger partial charge is 0.411 e. The maximum Gasteiger partial charge on any atom is 0.411 e. The van der Waals surface area contributed by atoms with E-state index in [2.05, 4.69) is 16.5 Å². The molecule has 1 heterocycles. The third kappa shape index (κ3) is 4.73. The first-order valence-electron chi connectivity index (χ1n) is 9.89. The number of amides is 2. The Morgan fingerprint density at radius 2 is 2.03 bits per heavy atom. The molecule has 2 N–H and O–H groups in total. The van der Waals surface area contributed by atoms with Gasteiger partial charge in [0.1, 0.15) is 17.7 Å². The molecule has 4 atom stereocenters. The minimum Gasteiger partial charge on any atom is -0.444 e. The number of hydrogen-bond donors (Lipinski definition) is 2. The van der Waals surface area contributed by atoms with Crippen LogP contribution in [0.25, 0.3) is 0 Å². The molecule has 29 heavy (non-hydrogen) atoms. The first-order valence-corrected chi connectivity index (χ1v) is 9.89. The van der Waals surface area contributed by atoms with E-state index in [0.29, 0.717) is 12.1 Å². The first-order chi connectivity index (χ1) is 13.7. The molecule has 0 unspecified atom stereocenters. The number of carbonyl (C=O) groups excluding carboxylic acids is 2. The summed E-state index contributed by atoms with van der Waals surface area (Å²) in [6.45, 7) is 5.41. The lowest BCUT2D eigenvalue weighted by Crippen LogP contribution is -2.55. The minimum atomic E-state index is -0.707. The van der Waals surface area contributed by atoms with E-state index in [9.17, 15) is 14.9 Å². The second-order valence-corrected chi connectivity index (χ2v) is 8.73. The van der Waals surface area contributed by atoms with Crippen LogP contribution in [0.15, 0.2) is 29.4 Å². The van der Waals surface area contributed by atoms with Crippen LogP contribution >= 0.6 is 0 Å². The summed E-state index contributed by atoms with van der Waals surface area (Å²) in [4.78, 5) is 27.3. The zero-order valence-corrected chi connectivity index (χ0v) is 17.0. The van der Waals surface area contributed by atoms with Crippen LogP contribution in [0.2, 0.25) is 0 Å². The van der Waals surface area contributed by atoms with Gasteiger partial charge >= 0.3 is 6.09 Å². The first kappa shape index (κ1) is 20.8. The summed E-state index contributed by atoms with van der Waals surface area (Å²) in [6, 6.07) is 7.81. The fourth-order valence-corrected chi connectivity index (χ4v) is 4.23. The van der Waals surface area contributed by atoms with Crippen LogP contribution in [-0.2, 0) is 16.0 Å². The summed E-state index contributed by atoms with van der Waals surface area (Å²) in [5, 5.41) is 15.7. The van der Waals surface area contributed by atoms with Gasteiger partial charge < -0.3 is 10.1 Å². The fraction of sp³-hybridized carbons (Fsp3) is 0.571. The Labute approximate surface area is 170 Å². The number of rotatable bonds is 5. The van der Waals surface area contributed by atoms with Crippen molar-refractivity contribution in [2.45, 2.75) is 70.2 Å².